The summed E-state index contributed by atoms with van der Waals surface area (Å²) in [6, 6.07) is 0.163. The predicted molar refractivity (Wildman–Crippen MR) is 58.9 cm³/mol. The van der Waals surface area contributed by atoms with Crippen LogP contribution < -0.4 is 5.73 Å². The number of nitrogens with two attached hydrogens (primary N) is 1. The first-order chi connectivity index (χ1) is 7.76. The maximum atomic E-state index is 6.00. The molecule has 1 heterocycles. The van der Waals surface area contributed by atoms with E-state index in [1.54, 1.807) is 7.11 Å². The first-order valence-corrected chi connectivity index (χ1v) is 5.88. The average Bonchev–Trinajstić information content (AvgIpc) is 2.89. The molecule has 2 rings (SSSR count). The van der Waals surface area contributed by atoms with Gasteiger partial charge in [-0.3, -0.25) is 0 Å². The highest BCUT2D eigenvalue weighted by molar-refractivity contribution is 5.03. The molecule has 90 valence electrons. The molecule has 1 aromatic rings. The summed E-state index contributed by atoms with van der Waals surface area (Å²) in [7, 11) is 1.66. The summed E-state index contributed by atoms with van der Waals surface area (Å²) in [5.74, 6) is 1.55. The van der Waals surface area contributed by atoms with Gasteiger partial charge in [-0.05, 0) is 19.3 Å². The third-order valence-corrected chi connectivity index (χ3v) is 3.29. The average molecular weight is 225 g/mol. The van der Waals surface area contributed by atoms with Crippen LogP contribution in [0.4, 0.5) is 0 Å². The fourth-order valence-corrected chi connectivity index (χ4v) is 2.28. The number of hydrogen-bond acceptors (Lipinski definition) is 5. The zero-order valence-electron chi connectivity index (χ0n) is 9.85. The smallest absolute Gasteiger partial charge is 0.231 e. The summed E-state index contributed by atoms with van der Waals surface area (Å²) in [5.41, 5.74) is 6.00. The van der Waals surface area contributed by atoms with E-state index in [2.05, 4.69) is 10.1 Å². The number of nitrogens with zero attached hydrogens (tertiary/aromatic N) is 2. The van der Waals surface area contributed by atoms with E-state index in [9.17, 15) is 0 Å². The van der Waals surface area contributed by atoms with Crippen LogP contribution in [0.3, 0.4) is 0 Å². The van der Waals surface area contributed by atoms with Crippen LogP contribution in [0.1, 0.15) is 56.3 Å². The molecule has 0 spiro atoms. The van der Waals surface area contributed by atoms with Crippen molar-refractivity contribution >= 4 is 0 Å². The van der Waals surface area contributed by atoms with E-state index in [4.69, 9.17) is 15.0 Å². The van der Waals surface area contributed by atoms with E-state index in [0.717, 1.165) is 25.7 Å². The van der Waals surface area contributed by atoms with Crippen LogP contribution in [0.15, 0.2) is 4.52 Å². The minimum Gasteiger partial charge on any atom is -0.373 e. The largest absolute Gasteiger partial charge is 0.373 e. The molecule has 5 heteroatoms. The molecule has 16 heavy (non-hydrogen) atoms. The van der Waals surface area contributed by atoms with E-state index in [-0.39, 0.29) is 18.1 Å². The van der Waals surface area contributed by atoms with Crippen molar-refractivity contribution in [2.45, 2.75) is 50.7 Å². The first-order valence-electron chi connectivity index (χ1n) is 5.88. The highest BCUT2D eigenvalue weighted by atomic mass is 16.5. The Kier molecular flexibility index (Phi) is 3.56. The van der Waals surface area contributed by atoms with Gasteiger partial charge < -0.3 is 15.0 Å². The lowest BCUT2D eigenvalue weighted by atomic mass is 10.1. The lowest BCUT2D eigenvalue weighted by Crippen LogP contribution is -2.23. The summed E-state index contributed by atoms with van der Waals surface area (Å²) in [6.45, 7) is 2.03. The monoisotopic (exact) mass is 225 g/mol. The second-order valence-electron chi connectivity index (χ2n) is 4.32. The molecule has 0 radical (unpaired) electrons. The van der Waals surface area contributed by atoms with Crippen molar-refractivity contribution in [2.75, 3.05) is 7.11 Å². The van der Waals surface area contributed by atoms with Crippen LogP contribution in [0.5, 0.6) is 0 Å². The normalized spacial score (nSPS) is 27.2. The second-order valence-corrected chi connectivity index (χ2v) is 4.32. The summed E-state index contributed by atoms with van der Waals surface area (Å²) >= 11 is 0. The summed E-state index contributed by atoms with van der Waals surface area (Å²) < 4.78 is 10.6. The van der Waals surface area contributed by atoms with Crippen LogP contribution in [-0.2, 0) is 4.74 Å². The van der Waals surface area contributed by atoms with Gasteiger partial charge in [0.25, 0.3) is 0 Å². The first kappa shape index (κ1) is 11.5. The van der Waals surface area contributed by atoms with Gasteiger partial charge in [-0.25, -0.2) is 0 Å². The Morgan fingerprint density at radius 2 is 2.38 bits per heavy atom. The highest BCUT2D eigenvalue weighted by Crippen LogP contribution is 2.33. The van der Waals surface area contributed by atoms with Crippen molar-refractivity contribution in [3.8, 4) is 0 Å². The van der Waals surface area contributed by atoms with E-state index >= 15 is 0 Å². The van der Waals surface area contributed by atoms with Gasteiger partial charge in [-0.1, -0.05) is 18.5 Å². The third kappa shape index (κ3) is 2.10. The van der Waals surface area contributed by atoms with Gasteiger partial charge in [-0.2, -0.15) is 4.98 Å². The predicted octanol–water partition coefficient (Wildman–Crippen LogP) is 1.76. The summed E-state index contributed by atoms with van der Waals surface area (Å²) in [4.78, 5) is 4.40. The molecule has 3 unspecified atom stereocenters. The zero-order chi connectivity index (χ0) is 11.5. The fourth-order valence-electron chi connectivity index (χ4n) is 2.28. The fraction of sp³-hybridized carbons (Fsp3) is 0.818. The van der Waals surface area contributed by atoms with E-state index in [1.807, 2.05) is 6.92 Å². The molecule has 0 saturated heterocycles. The molecule has 0 aliphatic heterocycles. The molecular formula is C11H19N3O2. The highest BCUT2D eigenvalue weighted by Gasteiger charge is 2.31. The quantitative estimate of drug-likeness (QED) is 0.845. The Bertz CT molecular complexity index is 336. The Labute approximate surface area is 95.3 Å². The van der Waals surface area contributed by atoms with E-state index in [0.29, 0.717) is 11.7 Å². The number of aromatic nitrogens is 2. The Balaban J connectivity index is 2.12. The van der Waals surface area contributed by atoms with Gasteiger partial charge in [-0.15, -0.1) is 0 Å². The van der Waals surface area contributed by atoms with Gasteiger partial charge in [0, 0.05) is 13.2 Å². The molecule has 0 bridgehead atoms. The molecule has 3 atom stereocenters. The maximum absolute atomic E-state index is 6.00. The Hall–Kier alpha value is -0.940. The molecule has 0 aromatic carbocycles. The number of ether oxygens (including phenoxy) is 1. The zero-order valence-corrected chi connectivity index (χ0v) is 9.85. The number of rotatable bonds is 4. The summed E-state index contributed by atoms with van der Waals surface area (Å²) in [6.07, 6.45) is 4.00. The lowest BCUT2D eigenvalue weighted by molar-refractivity contribution is 0.0903. The van der Waals surface area contributed by atoms with Gasteiger partial charge >= 0.3 is 0 Å². The lowest BCUT2D eigenvalue weighted by Gasteiger charge is -2.09. The minimum absolute atomic E-state index is 0.0740. The van der Waals surface area contributed by atoms with Crippen LogP contribution in [-0.4, -0.2) is 23.3 Å². The van der Waals surface area contributed by atoms with Crippen LogP contribution in [0.2, 0.25) is 0 Å². The molecule has 1 aliphatic rings. The Morgan fingerprint density at radius 3 is 2.94 bits per heavy atom. The van der Waals surface area contributed by atoms with Crippen molar-refractivity contribution in [1.29, 1.82) is 0 Å². The maximum Gasteiger partial charge on any atom is 0.231 e. The topological polar surface area (TPSA) is 74.2 Å². The third-order valence-electron chi connectivity index (χ3n) is 3.29. The Morgan fingerprint density at radius 1 is 1.56 bits per heavy atom. The van der Waals surface area contributed by atoms with Crippen molar-refractivity contribution in [1.82, 2.24) is 10.1 Å². The molecule has 1 fully saturated rings. The van der Waals surface area contributed by atoms with Gasteiger partial charge in [0.15, 0.2) is 0 Å². The van der Waals surface area contributed by atoms with E-state index < -0.39 is 0 Å². The number of methoxy groups -OCH3 is 1. The van der Waals surface area contributed by atoms with Gasteiger partial charge in [0.2, 0.25) is 11.7 Å². The molecule has 0 amide bonds. The molecule has 1 aromatic heterocycles. The van der Waals surface area contributed by atoms with E-state index in [1.165, 1.54) is 0 Å². The van der Waals surface area contributed by atoms with Crippen LogP contribution >= 0.6 is 0 Å². The minimum atomic E-state index is -0.0740. The van der Waals surface area contributed by atoms with Crippen LogP contribution in [0.25, 0.3) is 0 Å². The molecule has 5 nitrogen and oxygen atoms in total. The molecule has 1 aliphatic carbocycles. The van der Waals surface area contributed by atoms with Crippen LogP contribution in [0, 0.1) is 0 Å². The molecular weight excluding hydrogens is 206 g/mol. The van der Waals surface area contributed by atoms with Crippen molar-refractivity contribution in [3.05, 3.63) is 11.7 Å². The van der Waals surface area contributed by atoms with Crippen molar-refractivity contribution in [2.24, 2.45) is 5.73 Å². The second kappa shape index (κ2) is 4.93. The molecule has 1 saturated carbocycles. The van der Waals surface area contributed by atoms with Gasteiger partial charge in [0.05, 0.1) is 5.92 Å². The van der Waals surface area contributed by atoms with Gasteiger partial charge in [0.1, 0.15) is 6.10 Å². The summed E-state index contributed by atoms with van der Waals surface area (Å²) in [5, 5.41) is 3.97. The SMILES string of the molecule is CCC(OC)c1noc(C2CCCC2N)n1. The standard InChI is InChI=1S/C11H19N3O2/c1-3-9(15-2)10-13-11(16-14-10)7-5-4-6-8(7)12/h7-9H,3-6,12H2,1-2H3. The number of hydrogen-bond donors (Lipinski definition) is 1. The van der Waals surface area contributed by atoms with Crippen molar-refractivity contribution < 1.29 is 9.26 Å². The molecule has 2 N–H and O–H groups in total. The van der Waals surface area contributed by atoms with Crippen molar-refractivity contribution in [3.63, 3.8) is 0 Å².